The lowest BCUT2D eigenvalue weighted by atomic mass is 10.1. The zero-order valence-electron chi connectivity index (χ0n) is 11.2. The lowest BCUT2D eigenvalue weighted by Crippen LogP contribution is -2.08. The minimum absolute atomic E-state index is 0.0468. The first-order valence-corrected chi connectivity index (χ1v) is 6.57. The molecule has 0 unspecified atom stereocenters. The summed E-state index contributed by atoms with van der Waals surface area (Å²) in [6, 6.07) is 11.6. The molecule has 0 fully saturated rings. The number of aromatic nitrogens is 1. The molecule has 0 atom stereocenters. The number of hydrogen-bond acceptors (Lipinski definition) is 5. The molecule has 5 heteroatoms. The SMILES string of the molecule is N#Cc1cc(NCCCOCCO)nc2ccccc12. The highest BCUT2D eigenvalue weighted by molar-refractivity contribution is 5.86. The van der Waals surface area contributed by atoms with Crippen molar-refractivity contribution < 1.29 is 9.84 Å². The van der Waals surface area contributed by atoms with Gasteiger partial charge in [-0.1, -0.05) is 18.2 Å². The predicted molar refractivity (Wildman–Crippen MR) is 77.5 cm³/mol. The van der Waals surface area contributed by atoms with Gasteiger partial charge in [-0.15, -0.1) is 0 Å². The zero-order valence-corrected chi connectivity index (χ0v) is 11.2. The predicted octanol–water partition coefficient (Wildman–Crippen LogP) is 1.92. The van der Waals surface area contributed by atoms with E-state index in [9.17, 15) is 5.26 Å². The van der Waals surface area contributed by atoms with Gasteiger partial charge in [-0.05, 0) is 18.6 Å². The van der Waals surface area contributed by atoms with Crippen molar-refractivity contribution in [2.75, 3.05) is 31.7 Å². The van der Waals surface area contributed by atoms with Gasteiger partial charge in [0.15, 0.2) is 0 Å². The van der Waals surface area contributed by atoms with E-state index < -0.39 is 0 Å². The van der Waals surface area contributed by atoms with E-state index in [0.717, 1.165) is 17.3 Å². The Morgan fingerprint density at radius 2 is 2.15 bits per heavy atom. The van der Waals surface area contributed by atoms with Gasteiger partial charge in [0.25, 0.3) is 0 Å². The molecule has 5 nitrogen and oxygen atoms in total. The molecule has 0 spiro atoms. The van der Waals surface area contributed by atoms with Gasteiger partial charge >= 0.3 is 0 Å². The van der Waals surface area contributed by atoms with Crippen molar-refractivity contribution in [1.82, 2.24) is 4.98 Å². The van der Waals surface area contributed by atoms with E-state index in [0.29, 0.717) is 31.1 Å². The Morgan fingerprint density at radius 1 is 1.30 bits per heavy atom. The number of rotatable bonds is 7. The van der Waals surface area contributed by atoms with Gasteiger partial charge in [0, 0.05) is 18.5 Å². The van der Waals surface area contributed by atoms with Crippen LogP contribution in [-0.4, -0.2) is 36.5 Å². The molecule has 2 N–H and O–H groups in total. The summed E-state index contributed by atoms with van der Waals surface area (Å²) in [5.74, 6) is 0.697. The van der Waals surface area contributed by atoms with E-state index in [1.54, 1.807) is 6.07 Å². The van der Waals surface area contributed by atoms with Crippen LogP contribution in [0.15, 0.2) is 30.3 Å². The summed E-state index contributed by atoms with van der Waals surface area (Å²) >= 11 is 0. The first-order chi connectivity index (χ1) is 9.85. The van der Waals surface area contributed by atoms with E-state index in [-0.39, 0.29) is 6.61 Å². The van der Waals surface area contributed by atoms with Crippen molar-refractivity contribution in [2.24, 2.45) is 0 Å². The number of aliphatic hydroxyl groups excluding tert-OH is 1. The van der Waals surface area contributed by atoms with E-state index in [1.165, 1.54) is 0 Å². The van der Waals surface area contributed by atoms with Crippen LogP contribution in [0.4, 0.5) is 5.82 Å². The summed E-state index contributed by atoms with van der Waals surface area (Å²) in [4.78, 5) is 4.47. The molecule has 0 bridgehead atoms. The number of nitrogens with zero attached hydrogens (tertiary/aromatic N) is 2. The van der Waals surface area contributed by atoms with Crippen LogP contribution in [0.2, 0.25) is 0 Å². The number of hydrogen-bond donors (Lipinski definition) is 2. The van der Waals surface area contributed by atoms with Gasteiger partial charge in [0.05, 0.1) is 30.4 Å². The normalized spacial score (nSPS) is 10.4. The summed E-state index contributed by atoms with van der Waals surface area (Å²) in [6.45, 7) is 1.71. The summed E-state index contributed by atoms with van der Waals surface area (Å²) in [7, 11) is 0. The van der Waals surface area contributed by atoms with Crippen LogP contribution >= 0.6 is 0 Å². The largest absolute Gasteiger partial charge is 0.394 e. The van der Waals surface area contributed by atoms with Crippen molar-refractivity contribution in [3.8, 4) is 6.07 Å². The first kappa shape index (κ1) is 14.3. The number of fused-ring (bicyclic) bond motifs is 1. The molecule has 0 aliphatic heterocycles. The highest BCUT2D eigenvalue weighted by Gasteiger charge is 2.04. The highest BCUT2D eigenvalue weighted by Crippen LogP contribution is 2.19. The lowest BCUT2D eigenvalue weighted by Gasteiger charge is -2.08. The molecule has 0 saturated carbocycles. The Bertz CT molecular complexity index is 608. The van der Waals surface area contributed by atoms with Crippen molar-refractivity contribution in [3.63, 3.8) is 0 Å². The van der Waals surface area contributed by atoms with Gasteiger partial charge in [-0.2, -0.15) is 5.26 Å². The number of para-hydroxylation sites is 1. The fourth-order valence-corrected chi connectivity index (χ4v) is 1.92. The average Bonchev–Trinajstić information content (AvgIpc) is 2.50. The maximum Gasteiger partial charge on any atom is 0.127 e. The molecule has 104 valence electrons. The van der Waals surface area contributed by atoms with Gasteiger partial charge < -0.3 is 15.2 Å². The molecule has 0 amide bonds. The van der Waals surface area contributed by atoms with Gasteiger partial charge in [-0.3, -0.25) is 0 Å². The van der Waals surface area contributed by atoms with Crippen LogP contribution < -0.4 is 5.32 Å². The quantitative estimate of drug-likeness (QED) is 0.752. The number of anilines is 1. The molecule has 0 radical (unpaired) electrons. The Labute approximate surface area is 117 Å². The summed E-state index contributed by atoms with van der Waals surface area (Å²) in [5.41, 5.74) is 1.43. The molecule has 2 aromatic rings. The highest BCUT2D eigenvalue weighted by atomic mass is 16.5. The number of nitrogens with one attached hydrogen (secondary N) is 1. The molecular formula is C15H17N3O2. The smallest absolute Gasteiger partial charge is 0.127 e. The minimum Gasteiger partial charge on any atom is -0.394 e. The van der Waals surface area contributed by atoms with Crippen molar-refractivity contribution in [1.29, 1.82) is 5.26 Å². The van der Waals surface area contributed by atoms with E-state index in [2.05, 4.69) is 16.4 Å². The topological polar surface area (TPSA) is 78.2 Å². The lowest BCUT2D eigenvalue weighted by molar-refractivity contribution is 0.0922. The molecular weight excluding hydrogens is 254 g/mol. The first-order valence-electron chi connectivity index (χ1n) is 6.57. The second-order valence-corrected chi connectivity index (χ2v) is 4.30. The summed E-state index contributed by atoms with van der Waals surface area (Å²) in [5, 5.41) is 21.8. The Hall–Kier alpha value is -2.16. The molecule has 0 saturated heterocycles. The van der Waals surface area contributed by atoms with Crippen LogP contribution in [0, 0.1) is 11.3 Å². The number of ether oxygens (including phenoxy) is 1. The monoisotopic (exact) mass is 271 g/mol. The molecule has 0 aliphatic rings. The number of nitriles is 1. The Balaban J connectivity index is 1.99. The van der Waals surface area contributed by atoms with Crippen molar-refractivity contribution in [3.05, 3.63) is 35.9 Å². The number of aliphatic hydroxyl groups is 1. The van der Waals surface area contributed by atoms with Crippen LogP contribution in [0.3, 0.4) is 0 Å². The standard InChI is InChI=1S/C15H17N3O2/c16-11-12-10-15(17-6-3-8-20-9-7-19)18-14-5-2-1-4-13(12)14/h1-2,4-5,10,19H,3,6-9H2,(H,17,18). The van der Waals surface area contributed by atoms with Gasteiger partial charge in [0.1, 0.15) is 5.82 Å². The third-order valence-corrected chi connectivity index (χ3v) is 2.84. The van der Waals surface area contributed by atoms with Crippen LogP contribution in [-0.2, 0) is 4.74 Å². The second-order valence-electron chi connectivity index (χ2n) is 4.30. The van der Waals surface area contributed by atoms with Crippen molar-refractivity contribution >= 4 is 16.7 Å². The van der Waals surface area contributed by atoms with E-state index >= 15 is 0 Å². The summed E-state index contributed by atoms with van der Waals surface area (Å²) < 4.78 is 5.17. The number of benzene rings is 1. The summed E-state index contributed by atoms with van der Waals surface area (Å²) in [6.07, 6.45) is 0.816. The fourth-order valence-electron chi connectivity index (χ4n) is 1.92. The third-order valence-electron chi connectivity index (χ3n) is 2.84. The minimum atomic E-state index is 0.0468. The van der Waals surface area contributed by atoms with Crippen LogP contribution in [0.25, 0.3) is 10.9 Å². The molecule has 2 rings (SSSR count). The van der Waals surface area contributed by atoms with Crippen LogP contribution in [0.1, 0.15) is 12.0 Å². The molecule has 0 aliphatic carbocycles. The Morgan fingerprint density at radius 3 is 2.95 bits per heavy atom. The maximum absolute atomic E-state index is 9.18. The molecule has 1 heterocycles. The zero-order chi connectivity index (χ0) is 14.2. The second kappa shape index (κ2) is 7.43. The maximum atomic E-state index is 9.18. The van der Waals surface area contributed by atoms with Gasteiger partial charge in [0.2, 0.25) is 0 Å². The van der Waals surface area contributed by atoms with Crippen molar-refractivity contribution in [2.45, 2.75) is 6.42 Å². The number of pyridine rings is 1. The third kappa shape index (κ3) is 3.67. The fraction of sp³-hybridized carbons (Fsp3) is 0.333. The molecule has 1 aromatic carbocycles. The van der Waals surface area contributed by atoms with E-state index in [4.69, 9.17) is 9.84 Å². The van der Waals surface area contributed by atoms with Gasteiger partial charge in [-0.25, -0.2) is 4.98 Å². The Kier molecular flexibility index (Phi) is 5.30. The molecule has 20 heavy (non-hydrogen) atoms. The van der Waals surface area contributed by atoms with Crippen LogP contribution in [0.5, 0.6) is 0 Å². The van der Waals surface area contributed by atoms with E-state index in [1.807, 2.05) is 24.3 Å². The molecule has 1 aromatic heterocycles. The average molecular weight is 271 g/mol.